The molecule has 3 saturated carbocycles. The summed E-state index contributed by atoms with van der Waals surface area (Å²) in [5.74, 6) is -3.22. The molecule has 2 aromatic carbocycles. The molecule has 4 N–H and O–H groups in total. The first kappa shape index (κ1) is 29.3. The van der Waals surface area contributed by atoms with Gasteiger partial charge in [-0.2, -0.15) is 0 Å². The smallest absolute Gasteiger partial charge is 0.266 e. The molecule has 212 valence electrons. The minimum absolute atomic E-state index is 0.0399. The van der Waals surface area contributed by atoms with Crippen molar-refractivity contribution in [2.45, 2.75) is 60.9 Å². The Balaban J connectivity index is 1.49. The fourth-order valence-corrected chi connectivity index (χ4v) is 7.82. The number of aliphatic hydroxyl groups is 2. The van der Waals surface area contributed by atoms with Gasteiger partial charge in [-0.3, -0.25) is 9.59 Å². The van der Waals surface area contributed by atoms with Gasteiger partial charge in [-0.15, -0.1) is 0 Å². The van der Waals surface area contributed by atoms with Crippen molar-refractivity contribution in [1.82, 2.24) is 5.32 Å². The minimum Gasteiger partial charge on any atom is -0.392 e. The van der Waals surface area contributed by atoms with Crippen LogP contribution < -0.4 is 10.6 Å². The molecular formula is C26H28ClF3N2O6S. The molecule has 2 aromatic rings. The number of hydrogen-bond donors (Lipinski definition) is 4. The van der Waals surface area contributed by atoms with Crippen LogP contribution in [0.4, 0.5) is 18.9 Å². The molecule has 2 amide bonds. The average molecular weight is 589 g/mol. The average Bonchev–Trinajstić information content (AvgIpc) is 2.88. The van der Waals surface area contributed by atoms with Gasteiger partial charge in [0.15, 0.2) is 9.84 Å². The molecule has 3 fully saturated rings. The molecule has 8 nitrogen and oxygen atoms in total. The minimum atomic E-state index is -4.05. The number of amides is 2. The predicted molar refractivity (Wildman–Crippen MR) is 137 cm³/mol. The van der Waals surface area contributed by atoms with Crippen molar-refractivity contribution in [3.63, 3.8) is 0 Å². The van der Waals surface area contributed by atoms with E-state index in [2.05, 4.69) is 10.6 Å². The molecule has 3 aliphatic carbocycles. The summed E-state index contributed by atoms with van der Waals surface area (Å²) in [4.78, 5) is 24.7. The lowest BCUT2D eigenvalue weighted by molar-refractivity contribution is -0.183. The maximum Gasteiger partial charge on any atom is 0.266 e. The summed E-state index contributed by atoms with van der Waals surface area (Å²) < 4.78 is 66.7. The number of anilines is 1. The highest BCUT2D eigenvalue weighted by Gasteiger charge is 2.60. The maximum absolute atomic E-state index is 13.6. The van der Waals surface area contributed by atoms with E-state index in [4.69, 9.17) is 11.6 Å². The van der Waals surface area contributed by atoms with Crippen molar-refractivity contribution in [3.05, 3.63) is 58.4 Å². The Morgan fingerprint density at radius 1 is 1.13 bits per heavy atom. The van der Waals surface area contributed by atoms with Gasteiger partial charge >= 0.3 is 0 Å². The number of aliphatic hydroxyl groups excluding tert-OH is 1. The standard InChI is InChI=1S/C26H28ClF3N2O6S/c1-13(33)12-31-23(34)11-26(36)15-7-16(26)9-18(8-15)39(37,38)22-6-14(2-4-20(22)27)25(35)32-17-3-5-21(28)19(10-17)24(29)30/h2-6,10,13,15-16,18,24,33,36H,7-9,11-12H2,1H3,(H,31,34)(H,32,35)/t13-,15?,16?,18-,26-/m0/s1. The molecule has 13 heteroatoms. The van der Waals surface area contributed by atoms with E-state index in [-0.39, 0.29) is 47.0 Å². The first-order valence-electron chi connectivity index (χ1n) is 12.3. The Morgan fingerprint density at radius 2 is 1.79 bits per heavy atom. The number of alkyl halides is 2. The number of sulfone groups is 1. The van der Waals surface area contributed by atoms with Crippen LogP contribution in [0.3, 0.4) is 0 Å². The zero-order valence-corrected chi connectivity index (χ0v) is 22.4. The molecule has 0 spiro atoms. The van der Waals surface area contributed by atoms with E-state index in [1.54, 1.807) is 0 Å². The van der Waals surface area contributed by atoms with Crippen LogP contribution in [0.2, 0.25) is 5.02 Å². The third-order valence-electron chi connectivity index (χ3n) is 7.54. The number of benzene rings is 2. The second-order valence-corrected chi connectivity index (χ2v) is 12.8. The summed E-state index contributed by atoms with van der Waals surface area (Å²) in [5, 5.41) is 24.3. The van der Waals surface area contributed by atoms with Crippen LogP contribution in [0.5, 0.6) is 0 Å². The molecule has 2 bridgehead atoms. The summed E-state index contributed by atoms with van der Waals surface area (Å²) in [5.41, 5.74) is -2.43. The fourth-order valence-electron chi connectivity index (χ4n) is 5.41. The Hall–Kier alpha value is -2.67. The zero-order chi connectivity index (χ0) is 28.7. The highest BCUT2D eigenvalue weighted by atomic mass is 35.5. The quantitative estimate of drug-likeness (QED) is 0.352. The molecule has 3 atom stereocenters. The topological polar surface area (TPSA) is 133 Å². The lowest BCUT2D eigenvalue weighted by Gasteiger charge is -2.58. The van der Waals surface area contributed by atoms with Crippen molar-refractivity contribution in [3.8, 4) is 0 Å². The normalized spacial score (nSPS) is 25.1. The molecule has 39 heavy (non-hydrogen) atoms. The van der Waals surface area contributed by atoms with Gasteiger partial charge in [0.2, 0.25) is 5.91 Å². The van der Waals surface area contributed by atoms with E-state index in [1.807, 2.05) is 0 Å². The van der Waals surface area contributed by atoms with Crippen LogP contribution in [0.1, 0.15) is 55.0 Å². The van der Waals surface area contributed by atoms with Crippen molar-refractivity contribution >= 4 is 38.9 Å². The molecule has 5 rings (SSSR count). The van der Waals surface area contributed by atoms with Crippen LogP contribution in [0, 0.1) is 17.7 Å². The van der Waals surface area contributed by atoms with Gasteiger partial charge in [0, 0.05) is 17.8 Å². The van der Waals surface area contributed by atoms with E-state index < -0.39 is 68.2 Å². The molecule has 3 aliphatic rings. The van der Waals surface area contributed by atoms with Crippen LogP contribution in [-0.4, -0.2) is 53.9 Å². The van der Waals surface area contributed by atoms with Gasteiger partial charge in [0.05, 0.1) is 38.9 Å². The SMILES string of the molecule is C[C@H](O)CNC(=O)C[C@]1(O)C2CC1C[C@@H](S(=O)(=O)c1cc(C(=O)Nc3ccc(F)c(C(F)F)c3)ccc1Cl)C2. The van der Waals surface area contributed by atoms with E-state index in [1.165, 1.54) is 19.1 Å². The summed E-state index contributed by atoms with van der Waals surface area (Å²) in [6, 6.07) is 6.31. The molecule has 0 saturated heterocycles. The van der Waals surface area contributed by atoms with E-state index in [0.717, 1.165) is 24.3 Å². The monoisotopic (exact) mass is 588 g/mol. The van der Waals surface area contributed by atoms with Crippen molar-refractivity contribution in [2.24, 2.45) is 11.8 Å². The highest BCUT2D eigenvalue weighted by molar-refractivity contribution is 7.92. The number of fused-ring (bicyclic) bond motifs is 2. The molecule has 0 heterocycles. The molecular weight excluding hydrogens is 561 g/mol. The van der Waals surface area contributed by atoms with Crippen LogP contribution >= 0.6 is 11.6 Å². The maximum atomic E-state index is 13.6. The van der Waals surface area contributed by atoms with Gasteiger partial charge in [0.25, 0.3) is 12.3 Å². The number of hydrogen-bond acceptors (Lipinski definition) is 6. The Kier molecular flexibility index (Phi) is 8.32. The van der Waals surface area contributed by atoms with Crippen molar-refractivity contribution in [1.29, 1.82) is 0 Å². The van der Waals surface area contributed by atoms with Crippen LogP contribution in [0.25, 0.3) is 0 Å². The third-order valence-corrected chi connectivity index (χ3v) is 10.2. The largest absolute Gasteiger partial charge is 0.392 e. The van der Waals surface area contributed by atoms with Crippen molar-refractivity contribution < 1.29 is 41.4 Å². The van der Waals surface area contributed by atoms with Gasteiger partial charge in [-0.25, -0.2) is 21.6 Å². The number of rotatable bonds is 9. The molecule has 2 unspecified atom stereocenters. The molecule has 0 radical (unpaired) electrons. The lowest BCUT2D eigenvalue weighted by atomic mass is 9.52. The number of carbonyl (C=O) groups is 2. The second-order valence-electron chi connectivity index (χ2n) is 10.2. The van der Waals surface area contributed by atoms with Gasteiger partial charge in [-0.1, -0.05) is 11.6 Å². The Bertz CT molecular complexity index is 1380. The first-order chi connectivity index (χ1) is 18.2. The third kappa shape index (κ3) is 5.93. The van der Waals surface area contributed by atoms with E-state index >= 15 is 0 Å². The van der Waals surface area contributed by atoms with Gasteiger partial charge in [0.1, 0.15) is 5.82 Å². The number of halogens is 4. The van der Waals surface area contributed by atoms with E-state index in [9.17, 15) is 41.4 Å². The summed E-state index contributed by atoms with van der Waals surface area (Å²) in [7, 11) is -4.05. The number of carbonyl (C=O) groups excluding carboxylic acids is 2. The van der Waals surface area contributed by atoms with Crippen LogP contribution in [-0.2, 0) is 14.6 Å². The summed E-state index contributed by atoms with van der Waals surface area (Å²) in [6.07, 6.45) is -3.27. The lowest BCUT2D eigenvalue weighted by Crippen LogP contribution is -2.63. The van der Waals surface area contributed by atoms with Crippen molar-refractivity contribution in [2.75, 3.05) is 11.9 Å². The number of nitrogens with one attached hydrogen (secondary N) is 2. The second kappa shape index (κ2) is 11.1. The summed E-state index contributed by atoms with van der Waals surface area (Å²) >= 11 is 6.21. The molecule has 0 aliphatic heterocycles. The van der Waals surface area contributed by atoms with Gasteiger partial charge < -0.3 is 20.8 Å². The zero-order valence-electron chi connectivity index (χ0n) is 20.8. The Labute approximate surface area is 228 Å². The van der Waals surface area contributed by atoms with E-state index in [0.29, 0.717) is 6.42 Å². The predicted octanol–water partition coefficient (Wildman–Crippen LogP) is 3.86. The Morgan fingerprint density at radius 3 is 2.41 bits per heavy atom. The summed E-state index contributed by atoms with van der Waals surface area (Å²) in [6.45, 7) is 1.55. The van der Waals surface area contributed by atoms with Gasteiger partial charge in [-0.05, 0) is 74.4 Å². The fraction of sp³-hybridized carbons (Fsp3) is 0.462. The molecule has 0 aromatic heterocycles. The van der Waals surface area contributed by atoms with Crippen LogP contribution in [0.15, 0.2) is 41.3 Å². The first-order valence-corrected chi connectivity index (χ1v) is 14.2. The highest BCUT2D eigenvalue weighted by Crippen LogP contribution is 2.57.